The molecule has 0 aromatic carbocycles. The topological polar surface area (TPSA) is 59.2 Å². The van der Waals surface area contributed by atoms with Gasteiger partial charge in [-0.2, -0.15) is 0 Å². The smallest absolute Gasteiger partial charge is 0.265 e. The van der Waals surface area contributed by atoms with Crippen molar-refractivity contribution in [2.24, 2.45) is 5.73 Å². The number of rotatable bonds is 1. The molecule has 1 saturated heterocycles. The zero-order valence-corrected chi connectivity index (χ0v) is 10.5. The summed E-state index contributed by atoms with van der Waals surface area (Å²) in [6, 6.07) is 0.473. The van der Waals surface area contributed by atoms with Crippen LogP contribution in [0, 0.1) is 6.92 Å². The lowest BCUT2D eigenvalue weighted by molar-refractivity contribution is 0.0624. The van der Waals surface area contributed by atoms with Crippen LogP contribution < -0.4 is 5.73 Å². The highest BCUT2D eigenvalue weighted by Gasteiger charge is 2.28. The molecule has 2 unspecified atom stereocenters. The third-order valence-corrected chi connectivity index (χ3v) is 3.91. The number of nitrogens with zero attached hydrogens (tertiary/aromatic N) is 2. The molecule has 2 N–H and O–H groups in total. The van der Waals surface area contributed by atoms with Crippen molar-refractivity contribution in [2.45, 2.75) is 38.8 Å². The second-order valence-corrected chi connectivity index (χ2v) is 5.61. The number of nitrogens with two attached hydrogens (primary N) is 1. The maximum Gasteiger partial charge on any atom is 0.265 e. The van der Waals surface area contributed by atoms with Crippen LogP contribution in [0.4, 0.5) is 0 Å². The SMILES string of the molecule is Cc1ncc(C(=O)N2CCC(N)CC2C)s1. The van der Waals surface area contributed by atoms with Gasteiger partial charge in [0.1, 0.15) is 4.88 Å². The molecule has 2 heterocycles. The molecule has 2 atom stereocenters. The largest absolute Gasteiger partial charge is 0.335 e. The van der Waals surface area contributed by atoms with Crippen LogP contribution in [0.3, 0.4) is 0 Å². The third-order valence-electron chi connectivity index (χ3n) is 3.01. The molecule has 4 nitrogen and oxygen atoms in total. The number of aromatic nitrogens is 1. The molecule has 0 spiro atoms. The quantitative estimate of drug-likeness (QED) is 0.806. The molecule has 1 aromatic rings. The Labute approximate surface area is 99.5 Å². The fraction of sp³-hybridized carbons (Fsp3) is 0.636. The number of likely N-dealkylation sites (tertiary alicyclic amines) is 1. The van der Waals surface area contributed by atoms with Crippen molar-refractivity contribution in [2.75, 3.05) is 6.54 Å². The van der Waals surface area contributed by atoms with Crippen LogP contribution in [0.5, 0.6) is 0 Å². The van der Waals surface area contributed by atoms with Gasteiger partial charge in [0.25, 0.3) is 5.91 Å². The molecule has 0 saturated carbocycles. The monoisotopic (exact) mass is 239 g/mol. The second kappa shape index (κ2) is 4.51. The minimum absolute atomic E-state index is 0.102. The van der Waals surface area contributed by atoms with Gasteiger partial charge in [0, 0.05) is 18.6 Å². The third kappa shape index (κ3) is 2.25. The highest BCUT2D eigenvalue weighted by molar-refractivity contribution is 7.13. The first-order chi connectivity index (χ1) is 7.58. The van der Waals surface area contributed by atoms with Crippen molar-refractivity contribution >= 4 is 17.2 Å². The average molecular weight is 239 g/mol. The van der Waals surface area contributed by atoms with E-state index in [0.717, 1.165) is 29.3 Å². The Hall–Kier alpha value is -0.940. The van der Waals surface area contributed by atoms with Crippen LogP contribution >= 0.6 is 11.3 Å². The highest BCUT2D eigenvalue weighted by Crippen LogP contribution is 2.21. The van der Waals surface area contributed by atoms with Gasteiger partial charge in [-0.25, -0.2) is 4.98 Å². The number of piperidine rings is 1. The molecule has 1 aliphatic heterocycles. The number of carbonyl (C=O) groups is 1. The number of aryl methyl sites for hydroxylation is 1. The summed E-state index contributed by atoms with van der Waals surface area (Å²) in [5.41, 5.74) is 5.88. The van der Waals surface area contributed by atoms with Gasteiger partial charge < -0.3 is 10.6 Å². The van der Waals surface area contributed by atoms with E-state index in [-0.39, 0.29) is 18.0 Å². The summed E-state index contributed by atoms with van der Waals surface area (Å²) < 4.78 is 0. The molecule has 0 radical (unpaired) electrons. The first kappa shape index (κ1) is 11.5. The van der Waals surface area contributed by atoms with Crippen molar-refractivity contribution in [3.63, 3.8) is 0 Å². The van der Waals surface area contributed by atoms with Crippen molar-refractivity contribution in [1.29, 1.82) is 0 Å². The number of hydrogen-bond acceptors (Lipinski definition) is 4. The van der Waals surface area contributed by atoms with E-state index in [0.29, 0.717) is 0 Å². The van der Waals surface area contributed by atoms with E-state index < -0.39 is 0 Å². The predicted octanol–water partition coefficient (Wildman–Crippen LogP) is 1.40. The fourth-order valence-corrected chi connectivity index (χ4v) is 2.85. The Morgan fingerprint density at radius 1 is 1.69 bits per heavy atom. The summed E-state index contributed by atoms with van der Waals surface area (Å²) in [6.07, 6.45) is 3.46. The standard InChI is InChI=1S/C11H17N3OS/c1-7-5-9(12)3-4-14(7)11(15)10-6-13-8(2)16-10/h6-7,9H,3-5,12H2,1-2H3. The van der Waals surface area contributed by atoms with Crippen molar-refractivity contribution < 1.29 is 4.79 Å². The van der Waals surface area contributed by atoms with E-state index in [2.05, 4.69) is 11.9 Å². The molecule has 1 aromatic heterocycles. The summed E-state index contributed by atoms with van der Waals surface area (Å²) in [5, 5.41) is 0.935. The van der Waals surface area contributed by atoms with Crippen LogP contribution in [0.25, 0.3) is 0 Å². The van der Waals surface area contributed by atoms with E-state index in [9.17, 15) is 4.79 Å². The van der Waals surface area contributed by atoms with Crippen molar-refractivity contribution in [1.82, 2.24) is 9.88 Å². The molecule has 0 bridgehead atoms. The molecule has 16 heavy (non-hydrogen) atoms. The van der Waals surface area contributed by atoms with E-state index >= 15 is 0 Å². The summed E-state index contributed by atoms with van der Waals surface area (Å²) in [6.45, 7) is 4.74. The van der Waals surface area contributed by atoms with Gasteiger partial charge in [0.05, 0.1) is 11.2 Å². The maximum atomic E-state index is 12.2. The van der Waals surface area contributed by atoms with Gasteiger partial charge in [0.15, 0.2) is 0 Å². The Balaban J connectivity index is 2.10. The fourth-order valence-electron chi connectivity index (χ4n) is 2.11. The number of hydrogen-bond donors (Lipinski definition) is 1. The van der Waals surface area contributed by atoms with E-state index in [1.807, 2.05) is 11.8 Å². The first-order valence-electron chi connectivity index (χ1n) is 5.57. The molecule has 1 fully saturated rings. The van der Waals surface area contributed by atoms with Crippen molar-refractivity contribution in [3.8, 4) is 0 Å². The Morgan fingerprint density at radius 2 is 2.44 bits per heavy atom. The van der Waals surface area contributed by atoms with Crippen LogP contribution in [-0.4, -0.2) is 34.4 Å². The van der Waals surface area contributed by atoms with Crippen molar-refractivity contribution in [3.05, 3.63) is 16.1 Å². The zero-order valence-electron chi connectivity index (χ0n) is 9.64. The summed E-state index contributed by atoms with van der Waals surface area (Å²) in [7, 11) is 0. The van der Waals surface area contributed by atoms with Crippen LogP contribution in [-0.2, 0) is 0 Å². The molecule has 2 rings (SSSR count). The molecular formula is C11H17N3OS. The van der Waals surface area contributed by atoms with Crippen LogP contribution in [0.1, 0.15) is 34.4 Å². The Bertz CT molecular complexity index is 390. The summed E-state index contributed by atoms with van der Waals surface area (Å²) >= 11 is 1.46. The lowest BCUT2D eigenvalue weighted by Crippen LogP contribution is -2.48. The van der Waals surface area contributed by atoms with E-state index in [4.69, 9.17) is 5.73 Å². The molecule has 88 valence electrons. The van der Waals surface area contributed by atoms with Crippen LogP contribution in [0.15, 0.2) is 6.20 Å². The Kier molecular flexibility index (Phi) is 3.25. The number of amides is 1. The van der Waals surface area contributed by atoms with E-state index in [1.54, 1.807) is 6.20 Å². The van der Waals surface area contributed by atoms with Gasteiger partial charge in [-0.15, -0.1) is 11.3 Å². The molecule has 1 amide bonds. The zero-order chi connectivity index (χ0) is 11.7. The first-order valence-corrected chi connectivity index (χ1v) is 6.38. The van der Waals surface area contributed by atoms with Gasteiger partial charge in [-0.3, -0.25) is 4.79 Å². The molecule has 5 heteroatoms. The van der Waals surface area contributed by atoms with Gasteiger partial charge in [-0.05, 0) is 26.7 Å². The van der Waals surface area contributed by atoms with Crippen LogP contribution in [0.2, 0.25) is 0 Å². The lowest BCUT2D eigenvalue weighted by atomic mass is 9.99. The molecular weight excluding hydrogens is 222 g/mol. The normalized spacial score (nSPS) is 25.8. The predicted molar refractivity (Wildman–Crippen MR) is 64.6 cm³/mol. The Morgan fingerprint density at radius 3 is 3.00 bits per heavy atom. The maximum absolute atomic E-state index is 12.2. The minimum Gasteiger partial charge on any atom is -0.335 e. The van der Waals surface area contributed by atoms with Gasteiger partial charge in [0.2, 0.25) is 0 Å². The van der Waals surface area contributed by atoms with Gasteiger partial charge in [-0.1, -0.05) is 0 Å². The van der Waals surface area contributed by atoms with Gasteiger partial charge >= 0.3 is 0 Å². The molecule has 1 aliphatic rings. The number of carbonyl (C=O) groups excluding carboxylic acids is 1. The summed E-state index contributed by atoms with van der Waals surface area (Å²) in [5.74, 6) is 0.102. The second-order valence-electron chi connectivity index (χ2n) is 4.38. The molecule has 0 aliphatic carbocycles. The minimum atomic E-state index is 0.102. The summed E-state index contributed by atoms with van der Waals surface area (Å²) in [4.78, 5) is 19.0. The highest BCUT2D eigenvalue weighted by atomic mass is 32.1. The van der Waals surface area contributed by atoms with E-state index in [1.165, 1.54) is 11.3 Å². The average Bonchev–Trinajstić information content (AvgIpc) is 2.64. The lowest BCUT2D eigenvalue weighted by Gasteiger charge is -2.36. The number of thiazole rings is 1.